The van der Waals surface area contributed by atoms with Crippen LogP contribution in [0.15, 0.2) is 36.9 Å². The van der Waals surface area contributed by atoms with Crippen LogP contribution in [-0.2, 0) is 16.1 Å². The summed E-state index contributed by atoms with van der Waals surface area (Å²) < 4.78 is 2.16. The fourth-order valence-corrected chi connectivity index (χ4v) is 4.05. The lowest BCUT2D eigenvalue weighted by atomic mass is 9.97. The Labute approximate surface area is 159 Å². The molecule has 4 rings (SSSR count). The summed E-state index contributed by atoms with van der Waals surface area (Å²) in [5.41, 5.74) is 1.18. The quantitative estimate of drug-likeness (QED) is 0.806. The standard InChI is InChI=1S/C20H25N5O2/c26-18-4-2-11-24(18)15-19(27)23-10-1-3-17(14-23)20-22-9-12-25(20)13-16-5-7-21-8-6-16/h5-9,12,17H,1-4,10-11,13-15H2. The molecule has 1 atom stereocenters. The molecule has 2 saturated heterocycles. The van der Waals surface area contributed by atoms with E-state index in [2.05, 4.69) is 14.5 Å². The molecule has 0 saturated carbocycles. The second kappa shape index (κ2) is 7.90. The number of carbonyl (C=O) groups excluding carboxylic acids is 2. The average molecular weight is 367 g/mol. The maximum absolute atomic E-state index is 12.7. The molecule has 7 nitrogen and oxygen atoms in total. The second-order valence-electron chi connectivity index (χ2n) is 7.37. The highest BCUT2D eigenvalue weighted by Crippen LogP contribution is 2.26. The minimum Gasteiger partial charge on any atom is -0.340 e. The molecule has 27 heavy (non-hydrogen) atoms. The molecule has 0 spiro atoms. The van der Waals surface area contributed by atoms with E-state index in [1.165, 1.54) is 5.56 Å². The summed E-state index contributed by atoms with van der Waals surface area (Å²) in [6.07, 6.45) is 10.9. The topological polar surface area (TPSA) is 71.3 Å². The molecule has 142 valence electrons. The summed E-state index contributed by atoms with van der Waals surface area (Å²) in [5, 5.41) is 0. The smallest absolute Gasteiger partial charge is 0.242 e. The predicted molar refractivity (Wildman–Crippen MR) is 99.9 cm³/mol. The van der Waals surface area contributed by atoms with E-state index in [4.69, 9.17) is 0 Å². The lowest BCUT2D eigenvalue weighted by Gasteiger charge is -2.33. The predicted octanol–water partition coefficient (Wildman–Crippen LogP) is 1.65. The van der Waals surface area contributed by atoms with Crippen molar-refractivity contribution in [1.29, 1.82) is 0 Å². The summed E-state index contributed by atoms with van der Waals surface area (Å²) in [6.45, 7) is 3.12. The molecule has 2 aliphatic rings. The second-order valence-corrected chi connectivity index (χ2v) is 7.37. The number of imidazole rings is 1. The number of amides is 2. The van der Waals surface area contributed by atoms with Crippen LogP contribution in [0.2, 0.25) is 0 Å². The van der Waals surface area contributed by atoms with Crippen molar-refractivity contribution in [2.45, 2.75) is 38.1 Å². The largest absolute Gasteiger partial charge is 0.340 e. The monoisotopic (exact) mass is 367 g/mol. The summed E-state index contributed by atoms with van der Waals surface area (Å²) in [6, 6.07) is 4.01. The highest BCUT2D eigenvalue weighted by Gasteiger charge is 2.30. The Morgan fingerprint density at radius 3 is 2.78 bits per heavy atom. The Bertz CT molecular complexity index is 804. The van der Waals surface area contributed by atoms with Crippen molar-refractivity contribution in [3.05, 3.63) is 48.3 Å². The van der Waals surface area contributed by atoms with Gasteiger partial charge in [0.25, 0.3) is 0 Å². The number of piperidine rings is 1. The van der Waals surface area contributed by atoms with E-state index in [0.717, 1.165) is 38.2 Å². The van der Waals surface area contributed by atoms with Gasteiger partial charge in [-0.25, -0.2) is 4.98 Å². The molecule has 0 radical (unpaired) electrons. The molecule has 0 aromatic carbocycles. The Morgan fingerprint density at radius 1 is 1.15 bits per heavy atom. The third-order valence-corrected chi connectivity index (χ3v) is 5.49. The van der Waals surface area contributed by atoms with Crippen molar-refractivity contribution in [1.82, 2.24) is 24.3 Å². The Kier molecular flexibility index (Phi) is 5.18. The number of rotatable bonds is 5. The van der Waals surface area contributed by atoms with Gasteiger partial charge >= 0.3 is 0 Å². The van der Waals surface area contributed by atoms with Gasteiger partial charge in [0.1, 0.15) is 5.82 Å². The van der Waals surface area contributed by atoms with Crippen molar-refractivity contribution >= 4 is 11.8 Å². The van der Waals surface area contributed by atoms with Crippen molar-refractivity contribution < 1.29 is 9.59 Å². The Balaban J connectivity index is 1.42. The van der Waals surface area contributed by atoms with Crippen LogP contribution in [0.3, 0.4) is 0 Å². The molecular weight excluding hydrogens is 342 g/mol. The molecule has 2 fully saturated rings. The van der Waals surface area contributed by atoms with E-state index >= 15 is 0 Å². The van der Waals surface area contributed by atoms with E-state index in [-0.39, 0.29) is 24.3 Å². The third-order valence-electron chi connectivity index (χ3n) is 5.49. The minimum absolute atomic E-state index is 0.0576. The maximum Gasteiger partial charge on any atom is 0.242 e. The van der Waals surface area contributed by atoms with Gasteiger partial charge in [0, 0.05) is 63.3 Å². The van der Waals surface area contributed by atoms with Crippen LogP contribution < -0.4 is 0 Å². The van der Waals surface area contributed by atoms with E-state index in [1.54, 1.807) is 17.3 Å². The van der Waals surface area contributed by atoms with E-state index in [1.807, 2.05) is 29.4 Å². The molecule has 2 aromatic heterocycles. The van der Waals surface area contributed by atoms with E-state index < -0.39 is 0 Å². The van der Waals surface area contributed by atoms with Crippen molar-refractivity contribution in [2.75, 3.05) is 26.2 Å². The molecule has 4 heterocycles. The van der Waals surface area contributed by atoms with Crippen LogP contribution in [0.4, 0.5) is 0 Å². The van der Waals surface area contributed by atoms with E-state index in [0.29, 0.717) is 19.5 Å². The summed E-state index contributed by atoms with van der Waals surface area (Å²) in [4.78, 5) is 36.7. The number of nitrogens with zero attached hydrogens (tertiary/aromatic N) is 5. The van der Waals surface area contributed by atoms with Gasteiger partial charge in [-0.3, -0.25) is 14.6 Å². The van der Waals surface area contributed by atoms with Crippen LogP contribution >= 0.6 is 0 Å². The zero-order chi connectivity index (χ0) is 18.6. The van der Waals surface area contributed by atoms with Gasteiger partial charge in [-0.15, -0.1) is 0 Å². The van der Waals surface area contributed by atoms with Gasteiger partial charge in [-0.05, 0) is 37.0 Å². The number of aromatic nitrogens is 3. The van der Waals surface area contributed by atoms with Crippen molar-refractivity contribution in [2.24, 2.45) is 0 Å². The molecular formula is C20H25N5O2. The van der Waals surface area contributed by atoms with Gasteiger partial charge in [-0.2, -0.15) is 0 Å². The number of likely N-dealkylation sites (tertiary alicyclic amines) is 2. The van der Waals surface area contributed by atoms with Crippen LogP contribution in [-0.4, -0.2) is 62.3 Å². The van der Waals surface area contributed by atoms with E-state index in [9.17, 15) is 9.59 Å². The van der Waals surface area contributed by atoms with Gasteiger partial charge < -0.3 is 14.4 Å². The first-order valence-electron chi connectivity index (χ1n) is 9.66. The molecule has 0 N–H and O–H groups in total. The number of hydrogen-bond donors (Lipinski definition) is 0. The minimum atomic E-state index is 0.0576. The molecule has 1 unspecified atom stereocenters. The molecule has 7 heteroatoms. The summed E-state index contributed by atoms with van der Waals surface area (Å²) in [5.74, 6) is 1.42. The zero-order valence-electron chi connectivity index (χ0n) is 15.5. The van der Waals surface area contributed by atoms with Gasteiger partial charge in [-0.1, -0.05) is 0 Å². The van der Waals surface area contributed by atoms with Crippen molar-refractivity contribution in [3.8, 4) is 0 Å². The van der Waals surface area contributed by atoms with Crippen LogP contribution in [0.1, 0.15) is 43.0 Å². The molecule has 0 bridgehead atoms. The van der Waals surface area contributed by atoms with Gasteiger partial charge in [0.15, 0.2) is 0 Å². The molecule has 0 aliphatic carbocycles. The summed E-state index contributed by atoms with van der Waals surface area (Å²) >= 11 is 0. The maximum atomic E-state index is 12.7. The Hall–Kier alpha value is -2.70. The first-order valence-corrected chi connectivity index (χ1v) is 9.66. The fraction of sp³-hybridized carbons (Fsp3) is 0.500. The number of pyridine rings is 1. The Morgan fingerprint density at radius 2 is 2.00 bits per heavy atom. The average Bonchev–Trinajstić information content (AvgIpc) is 3.32. The fourth-order valence-electron chi connectivity index (χ4n) is 4.05. The van der Waals surface area contributed by atoms with Crippen LogP contribution in [0.5, 0.6) is 0 Å². The number of hydrogen-bond acceptors (Lipinski definition) is 4. The highest BCUT2D eigenvalue weighted by atomic mass is 16.2. The van der Waals surface area contributed by atoms with Gasteiger partial charge in [0.05, 0.1) is 6.54 Å². The zero-order valence-corrected chi connectivity index (χ0v) is 15.5. The van der Waals surface area contributed by atoms with Crippen LogP contribution in [0, 0.1) is 0 Å². The molecule has 2 aliphatic heterocycles. The normalized spacial score (nSPS) is 20.3. The first-order chi connectivity index (χ1) is 13.2. The number of carbonyl (C=O) groups is 2. The molecule has 2 amide bonds. The van der Waals surface area contributed by atoms with Crippen LogP contribution in [0.25, 0.3) is 0 Å². The lowest BCUT2D eigenvalue weighted by molar-refractivity contribution is -0.139. The van der Waals surface area contributed by atoms with Crippen molar-refractivity contribution in [3.63, 3.8) is 0 Å². The van der Waals surface area contributed by atoms with Gasteiger partial charge in [0.2, 0.25) is 11.8 Å². The molecule has 2 aromatic rings. The highest BCUT2D eigenvalue weighted by molar-refractivity contribution is 5.86. The summed E-state index contributed by atoms with van der Waals surface area (Å²) in [7, 11) is 0. The third kappa shape index (κ3) is 4.02. The lowest BCUT2D eigenvalue weighted by Crippen LogP contribution is -2.45. The SMILES string of the molecule is O=C1CCCN1CC(=O)N1CCCC(c2nccn2Cc2ccncc2)C1. The first kappa shape index (κ1) is 17.7.